The van der Waals surface area contributed by atoms with E-state index in [9.17, 15) is 9.59 Å². The van der Waals surface area contributed by atoms with Gasteiger partial charge in [-0.15, -0.1) is 0 Å². The zero-order valence-corrected chi connectivity index (χ0v) is 19.1. The standard InChI is InChI=1S/C24H39N3O2/c1-18(2)15-22(28)25-20-7-9-21(10-8-20)26-11-13-27(14-12-26)23(29)16-19(3)17-24(4,5)6/h7-10,18-19H,11-17H2,1-6H3,(H,25,28). The van der Waals surface area contributed by atoms with Gasteiger partial charge in [-0.2, -0.15) is 0 Å². The van der Waals surface area contributed by atoms with Gasteiger partial charge in [0.25, 0.3) is 0 Å². The van der Waals surface area contributed by atoms with E-state index in [2.05, 4.69) is 37.9 Å². The summed E-state index contributed by atoms with van der Waals surface area (Å²) < 4.78 is 0. The summed E-state index contributed by atoms with van der Waals surface area (Å²) in [6, 6.07) is 8.01. The predicted octanol–water partition coefficient (Wildman–Crippen LogP) is 4.78. The smallest absolute Gasteiger partial charge is 0.224 e. The van der Waals surface area contributed by atoms with Gasteiger partial charge in [-0.25, -0.2) is 0 Å². The molecule has 1 heterocycles. The number of hydrogen-bond acceptors (Lipinski definition) is 3. The Balaban J connectivity index is 1.81. The largest absolute Gasteiger partial charge is 0.368 e. The van der Waals surface area contributed by atoms with Crippen LogP contribution in [0.3, 0.4) is 0 Å². The van der Waals surface area contributed by atoms with Crippen molar-refractivity contribution in [2.75, 3.05) is 36.4 Å². The number of benzene rings is 1. The van der Waals surface area contributed by atoms with Crippen LogP contribution in [0.25, 0.3) is 0 Å². The Bertz CT molecular complexity index is 668. The van der Waals surface area contributed by atoms with Crippen LogP contribution in [0.5, 0.6) is 0 Å². The quantitative estimate of drug-likeness (QED) is 0.715. The van der Waals surface area contributed by atoms with Gasteiger partial charge in [-0.05, 0) is 47.9 Å². The Morgan fingerprint density at radius 1 is 0.966 bits per heavy atom. The molecule has 29 heavy (non-hydrogen) atoms. The summed E-state index contributed by atoms with van der Waals surface area (Å²) in [7, 11) is 0. The maximum atomic E-state index is 12.6. The summed E-state index contributed by atoms with van der Waals surface area (Å²) >= 11 is 0. The van der Waals surface area contributed by atoms with Crippen molar-refractivity contribution in [3.63, 3.8) is 0 Å². The molecule has 1 fully saturated rings. The summed E-state index contributed by atoms with van der Waals surface area (Å²) in [5.74, 6) is 1.11. The van der Waals surface area contributed by atoms with E-state index in [1.54, 1.807) is 0 Å². The molecule has 0 aromatic heterocycles. The van der Waals surface area contributed by atoms with E-state index in [0.717, 1.165) is 44.0 Å². The fourth-order valence-corrected chi connectivity index (χ4v) is 4.10. The van der Waals surface area contributed by atoms with E-state index in [1.165, 1.54) is 0 Å². The minimum absolute atomic E-state index is 0.0561. The molecular weight excluding hydrogens is 362 g/mol. The average molecular weight is 402 g/mol. The van der Waals surface area contributed by atoms with Crippen molar-refractivity contribution in [3.8, 4) is 0 Å². The van der Waals surface area contributed by atoms with E-state index in [0.29, 0.717) is 24.7 Å². The molecule has 1 aromatic carbocycles. The molecule has 0 bridgehead atoms. The molecule has 5 nitrogen and oxygen atoms in total. The molecule has 0 radical (unpaired) electrons. The third-order valence-corrected chi connectivity index (χ3v) is 5.23. The fourth-order valence-electron chi connectivity index (χ4n) is 4.10. The highest BCUT2D eigenvalue weighted by atomic mass is 16.2. The lowest BCUT2D eigenvalue weighted by atomic mass is 9.84. The van der Waals surface area contributed by atoms with Gasteiger partial charge in [-0.3, -0.25) is 9.59 Å². The number of carbonyl (C=O) groups is 2. The van der Waals surface area contributed by atoms with Gasteiger partial charge >= 0.3 is 0 Å². The Morgan fingerprint density at radius 3 is 2.07 bits per heavy atom. The second-order valence-electron chi connectivity index (χ2n) is 10.1. The van der Waals surface area contributed by atoms with Gasteiger partial charge in [0.15, 0.2) is 0 Å². The first-order chi connectivity index (χ1) is 13.5. The van der Waals surface area contributed by atoms with E-state index in [-0.39, 0.29) is 17.2 Å². The second kappa shape index (κ2) is 10.1. The van der Waals surface area contributed by atoms with Crippen LogP contribution in [0.1, 0.15) is 60.8 Å². The minimum atomic E-state index is 0.0561. The first kappa shape index (κ1) is 23.2. The van der Waals surface area contributed by atoms with Gasteiger partial charge < -0.3 is 15.1 Å². The first-order valence-electron chi connectivity index (χ1n) is 11.0. The Morgan fingerprint density at radius 2 is 1.55 bits per heavy atom. The molecule has 162 valence electrons. The zero-order chi connectivity index (χ0) is 21.6. The number of hydrogen-bond donors (Lipinski definition) is 1. The van der Waals surface area contributed by atoms with Crippen LogP contribution in [0.2, 0.25) is 0 Å². The monoisotopic (exact) mass is 401 g/mol. The zero-order valence-electron chi connectivity index (χ0n) is 19.1. The average Bonchev–Trinajstić information content (AvgIpc) is 2.60. The van der Waals surface area contributed by atoms with E-state index >= 15 is 0 Å². The van der Waals surface area contributed by atoms with Crippen LogP contribution >= 0.6 is 0 Å². The van der Waals surface area contributed by atoms with Gasteiger partial charge in [0.05, 0.1) is 0 Å². The summed E-state index contributed by atoms with van der Waals surface area (Å²) in [4.78, 5) is 28.8. The van der Waals surface area contributed by atoms with E-state index in [1.807, 2.05) is 43.0 Å². The molecule has 2 rings (SSSR count). The molecule has 2 amide bonds. The summed E-state index contributed by atoms with van der Waals surface area (Å²) in [5, 5.41) is 2.95. The fraction of sp³-hybridized carbons (Fsp3) is 0.667. The lowest BCUT2D eigenvalue weighted by molar-refractivity contribution is -0.132. The predicted molar refractivity (Wildman–Crippen MR) is 121 cm³/mol. The summed E-state index contributed by atoms with van der Waals surface area (Å²) in [6.45, 7) is 16.2. The highest BCUT2D eigenvalue weighted by Gasteiger charge is 2.24. The van der Waals surface area contributed by atoms with Crippen LogP contribution in [0, 0.1) is 17.3 Å². The summed E-state index contributed by atoms with van der Waals surface area (Å²) in [6.07, 6.45) is 2.24. The van der Waals surface area contributed by atoms with Crippen LogP contribution in [0.4, 0.5) is 11.4 Å². The van der Waals surface area contributed by atoms with Gasteiger partial charge in [0.1, 0.15) is 0 Å². The van der Waals surface area contributed by atoms with Crippen molar-refractivity contribution in [2.24, 2.45) is 17.3 Å². The van der Waals surface area contributed by atoms with Gasteiger partial charge in [-0.1, -0.05) is 41.5 Å². The molecule has 1 saturated heterocycles. The molecule has 0 saturated carbocycles. The number of nitrogens with zero attached hydrogens (tertiary/aromatic N) is 2. The van der Waals surface area contributed by atoms with Gasteiger partial charge in [0, 0.05) is 50.4 Å². The van der Waals surface area contributed by atoms with Crippen LogP contribution < -0.4 is 10.2 Å². The van der Waals surface area contributed by atoms with Crippen molar-refractivity contribution in [1.82, 2.24) is 4.90 Å². The highest BCUT2D eigenvalue weighted by Crippen LogP contribution is 2.27. The maximum Gasteiger partial charge on any atom is 0.224 e. The number of rotatable bonds is 7. The molecule has 0 spiro atoms. The maximum absolute atomic E-state index is 12.6. The molecule has 1 atom stereocenters. The Labute approximate surface area is 176 Å². The Kier molecular flexibility index (Phi) is 8.12. The third-order valence-electron chi connectivity index (χ3n) is 5.23. The third kappa shape index (κ3) is 8.08. The topological polar surface area (TPSA) is 52.7 Å². The van der Waals surface area contributed by atoms with Crippen molar-refractivity contribution >= 4 is 23.2 Å². The molecular formula is C24H39N3O2. The normalized spacial score (nSPS) is 16.1. The van der Waals surface area contributed by atoms with E-state index in [4.69, 9.17) is 0 Å². The molecule has 1 unspecified atom stereocenters. The van der Waals surface area contributed by atoms with Crippen LogP contribution in [-0.2, 0) is 9.59 Å². The summed E-state index contributed by atoms with van der Waals surface area (Å²) in [5.41, 5.74) is 2.24. The van der Waals surface area contributed by atoms with Crippen LogP contribution in [0.15, 0.2) is 24.3 Å². The Hall–Kier alpha value is -2.04. The molecule has 0 aliphatic carbocycles. The van der Waals surface area contributed by atoms with E-state index < -0.39 is 0 Å². The molecule has 1 aliphatic rings. The molecule has 5 heteroatoms. The van der Waals surface area contributed by atoms with Crippen molar-refractivity contribution < 1.29 is 9.59 Å². The van der Waals surface area contributed by atoms with Gasteiger partial charge in [0.2, 0.25) is 11.8 Å². The lowest BCUT2D eigenvalue weighted by Crippen LogP contribution is -2.49. The minimum Gasteiger partial charge on any atom is -0.368 e. The highest BCUT2D eigenvalue weighted by molar-refractivity contribution is 5.91. The van der Waals surface area contributed by atoms with Crippen molar-refractivity contribution in [3.05, 3.63) is 24.3 Å². The number of carbonyl (C=O) groups excluding carboxylic acids is 2. The SMILES string of the molecule is CC(C)CC(=O)Nc1ccc(N2CCN(C(=O)CC(C)CC(C)(C)C)CC2)cc1. The lowest BCUT2D eigenvalue weighted by Gasteiger charge is -2.37. The number of amides is 2. The second-order valence-corrected chi connectivity index (χ2v) is 10.1. The number of piperazine rings is 1. The number of anilines is 2. The van der Waals surface area contributed by atoms with Crippen molar-refractivity contribution in [1.29, 1.82) is 0 Å². The van der Waals surface area contributed by atoms with Crippen molar-refractivity contribution in [2.45, 2.75) is 60.8 Å². The molecule has 1 N–H and O–H groups in total. The molecule has 1 aromatic rings. The first-order valence-corrected chi connectivity index (χ1v) is 11.0. The number of nitrogens with one attached hydrogen (secondary N) is 1. The van der Waals surface area contributed by atoms with Crippen LogP contribution in [-0.4, -0.2) is 42.9 Å². The molecule has 1 aliphatic heterocycles.